The summed E-state index contributed by atoms with van der Waals surface area (Å²) in [6.45, 7) is 0.242. The summed E-state index contributed by atoms with van der Waals surface area (Å²) in [5.41, 5.74) is -1.63. The average molecular weight is 319 g/mol. The molecule has 1 amide bonds. The lowest BCUT2D eigenvalue weighted by molar-refractivity contribution is -0.141. The first-order chi connectivity index (χ1) is 10.2. The number of aryl methyl sites for hydroxylation is 1. The third-order valence-corrected chi connectivity index (χ3v) is 4.05. The van der Waals surface area contributed by atoms with Gasteiger partial charge in [0.1, 0.15) is 0 Å². The van der Waals surface area contributed by atoms with Crippen LogP contribution in [0.25, 0.3) is 0 Å². The van der Waals surface area contributed by atoms with Gasteiger partial charge in [-0.15, -0.1) is 0 Å². The first kappa shape index (κ1) is 16.8. The van der Waals surface area contributed by atoms with Crippen LogP contribution in [0, 0.1) is 5.92 Å². The summed E-state index contributed by atoms with van der Waals surface area (Å²) in [5.74, 6) is -0.813. The summed E-state index contributed by atoms with van der Waals surface area (Å²) in [5, 5.41) is 13.3. The molecule has 8 heteroatoms. The number of rotatable bonds is 3. The fourth-order valence-corrected chi connectivity index (χ4v) is 2.90. The van der Waals surface area contributed by atoms with E-state index >= 15 is 0 Å². The number of amides is 1. The first-order valence-corrected chi connectivity index (χ1v) is 7.24. The van der Waals surface area contributed by atoms with E-state index in [1.807, 2.05) is 0 Å². The summed E-state index contributed by atoms with van der Waals surface area (Å²) in [7, 11) is 2.80. The van der Waals surface area contributed by atoms with Gasteiger partial charge in [-0.1, -0.05) is 12.8 Å². The van der Waals surface area contributed by atoms with Crippen LogP contribution in [-0.2, 0) is 13.2 Å². The molecule has 1 saturated carbocycles. The molecule has 1 aliphatic carbocycles. The molecule has 0 radical (unpaired) electrons. The van der Waals surface area contributed by atoms with E-state index < -0.39 is 29.4 Å². The second-order valence-electron chi connectivity index (χ2n) is 5.86. The first-order valence-electron chi connectivity index (χ1n) is 7.24. The Morgan fingerprint density at radius 1 is 1.45 bits per heavy atom. The molecule has 5 nitrogen and oxygen atoms in total. The molecule has 1 N–H and O–H groups in total. The van der Waals surface area contributed by atoms with Gasteiger partial charge < -0.3 is 10.0 Å². The average Bonchev–Trinajstić information content (AvgIpc) is 2.82. The van der Waals surface area contributed by atoms with E-state index in [1.165, 1.54) is 19.0 Å². The highest BCUT2D eigenvalue weighted by molar-refractivity contribution is 5.95. The maximum absolute atomic E-state index is 12.9. The fraction of sp³-hybridized carbons (Fsp3) is 0.714. The normalized spacial score (nSPS) is 22.6. The zero-order valence-corrected chi connectivity index (χ0v) is 12.6. The van der Waals surface area contributed by atoms with E-state index in [0.29, 0.717) is 6.42 Å². The smallest absolute Gasteiger partial charge is 0.393 e. The Kier molecular flexibility index (Phi) is 4.79. The Morgan fingerprint density at radius 2 is 2.09 bits per heavy atom. The minimum atomic E-state index is -4.67. The minimum absolute atomic E-state index is 0.0892. The van der Waals surface area contributed by atoms with Gasteiger partial charge in [0.25, 0.3) is 5.91 Å². The van der Waals surface area contributed by atoms with Gasteiger partial charge in [-0.3, -0.25) is 9.48 Å². The van der Waals surface area contributed by atoms with Crippen LogP contribution in [0.2, 0.25) is 0 Å². The van der Waals surface area contributed by atoms with Crippen LogP contribution < -0.4 is 0 Å². The summed E-state index contributed by atoms with van der Waals surface area (Å²) in [4.78, 5) is 13.5. The van der Waals surface area contributed by atoms with E-state index in [2.05, 4.69) is 5.10 Å². The van der Waals surface area contributed by atoms with Crippen molar-refractivity contribution in [3.8, 4) is 0 Å². The molecule has 1 aliphatic rings. The highest BCUT2D eigenvalue weighted by Crippen LogP contribution is 2.31. The lowest BCUT2D eigenvalue weighted by Crippen LogP contribution is -2.38. The van der Waals surface area contributed by atoms with Crippen LogP contribution >= 0.6 is 0 Å². The molecule has 1 heterocycles. The number of aromatic nitrogens is 2. The van der Waals surface area contributed by atoms with Crippen LogP contribution in [0.1, 0.15) is 41.7 Å². The van der Waals surface area contributed by atoms with E-state index in [0.717, 1.165) is 30.1 Å². The number of nitrogens with zero attached hydrogens (tertiary/aromatic N) is 3. The summed E-state index contributed by atoms with van der Waals surface area (Å²) in [6.07, 6.45) is -0.734. The number of halogens is 3. The SMILES string of the molecule is CN(CC1CCCCC1O)C(=O)c1cn(C)nc1C(F)(F)F. The molecule has 2 unspecified atom stereocenters. The summed E-state index contributed by atoms with van der Waals surface area (Å²) < 4.78 is 39.7. The second kappa shape index (κ2) is 6.28. The topological polar surface area (TPSA) is 58.4 Å². The van der Waals surface area contributed by atoms with Gasteiger partial charge in [-0.05, 0) is 12.8 Å². The Hall–Kier alpha value is -1.57. The predicted octanol–water partition coefficient (Wildman–Crippen LogP) is 2.06. The Labute approximate surface area is 126 Å². The van der Waals surface area contributed by atoms with Crippen LogP contribution in [0.4, 0.5) is 13.2 Å². The van der Waals surface area contributed by atoms with Crippen molar-refractivity contribution < 1.29 is 23.1 Å². The molecule has 0 aromatic carbocycles. The third-order valence-electron chi connectivity index (χ3n) is 4.05. The third kappa shape index (κ3) is 3.60. The highest BCUT2D eigenvalue weighted by Gasteiger charge is 2.40. The number of alkyl halides is 3. The largest absolute Gasteiger partial charge is 0.435 e. The Bertz CT molecular complexity index is 542. The summed E-state index contributed by atoms with van der Waals surface area (Å²) in [6, 6.07) is 0. The van der Waals surface area contributed by atoms with Gasteiger partial charge in [0.05, 0.1) is 11.7 Å². The van der Waals surface area contributed by atoms with Crippen molar-refractivity contribution in [2.24, 2.45) is 13.0 Å². The molecule has 0 spiro atoms. The molecule has 0 bridgehead atoms. The van der Waals surface area contributed by atoms with E-state index in [9.17, 15) is 23.1 Å². The molecule has 124 valence electrons. The Morgan fingerprint density at radius 3 is 2.68 bits per heavy atom. The number of hydrogen-bond acceptors (Lipinski definition) is 3. The van der Waals surface area contributed by atoms with Gasteiger partial charge in [-0.25, -0.2) is 0 Å². The number of carbonyl (C=O) groups is 1. The molecule has 1 fully saturated rings. The van der Waals surface area contributed by atoms with Crippen LogP contribution in [0.5, 0.6) is 0 Å². The molecule has 1 aromatic heterocycles. The van der Waals surface area contributed by atoms with Crippen molar-refractivity contribution >= 4 is 5.91 Å². The van der Waals surface area contributed by atoms with Crippen molar-refractivity contribution in [2.45, 2.75) is 38.0 Å². The molecule has 2 rings (SSSR count). The van der Waals surface area contributed by atoms with Crippen LogP contribution in [-0.4, -0.2) is 45.4 Å². The van der Waals surface area contributed by atoms with Gasteiger partial charge in [-0.2, -0.15) is 18.3 Å². The van der Waals surface area contributed by atoms with Crippen molar-refractivity contribution in [1.82, 2.24) is 14.7 Å². The number of aliphatic hydroxyl groups excluding tert-OH is 1. The minimum Gasteiger partial charge on any atom is -0.393 e. The van der Waals surface area contributed by atoms with Crippen molar-refractivity contribution in [3.63, 3.8) is 0 Å². The van der Waals surface area contributed by atoms with Gasteiger partial charge in [0.15, 0.2) is 5.69 Å². The van der Waals surface area contributed by atoms with Gasteiger partial charge in [0.2, 0.25) is 0 Å². The van der Waals surface area contributed by atoms with Crippen molar-refractivity contribution in [3.05, 3.63) is 17.5 Å². The van der Waals surface area contributed by atoms with Gasteiger partial charge >= 0.3 is 6.18 Å². The zero-order chi connectivity index (χ0) is 16.5. The number of carbonyl (C=O) groups excluding carboxylic acids is 1. The fourth-order valence-electron chi connectivity index (χ4n) is 2.90. The Balaban J connectivity index is 2.14. The summed E-state index contributed by atoms with van der Waals surface area (Å²) >= 11 is 0. The standard InChI is InChI=1S/C14H20F3N3O2/c1-19(7-9-5-3-4-6-11(9)21)13(22)10-8-20(2)18-12(10)14(15,16)17/h8-9,11,21H,3-7H2,1-2H3. The molecular weight excluding hydrogens is 299 g/mol. The molecule has 1 aromatic rings. The van der Waals surface area contributed by atoms with Crippen molar-refractivity contribution in [1.29, 1.82) is 0 Å². The molecule has 0 aliphatic heterocycles. The number of hydrogen-bond donors (Lipinski definition) is 1. The van der Waals surface area contributed by atoms with Gasteiger partial charge in [0, 0.05) is 32.8 Å². The lowest BCUT2D eigenvalue weighted by atomic mass is 9.86. The van der Waals surface area contributed by atoms with E-state index in [1.54, 1.807) is 0 Å². The lowest BCUT2D eigenvalue weighted by Gasteiger charge is -2.31. The quantitative estimate of drug-likeness (QED) is 0.928. The molecular formula is C14H20F3N3O2. The maximum atomic E-state index is 12.9. The zero-order valence-electron chi connectivity index (χ0n) is 12.6. The predicted molar refractivity (Wildman–Crippen MR) is 73.1 cm³/mol. The second-order valence-corrected chi connectivity index (χ2v) is 5.86. The molecule has 22 heavy (non-hydrogen) atoms. The van der Waals surface area contributed by atoms with Crippen molar-refractivity contribution in [2.75, 3.05) is 13.6 Å². The van der Waals surface area contributed by atoms with Crippen LogP contribution in [0.3, 0.4) is 0 Å². The molecule has 0 saturated heterocycles. The highest BCUT2D eigenvalue weighted by atomic mass is 19.4. The monoisotopic (exact) mass is 319 g/mol. The number of aliphatic hydroxyl groups is 1. The maximum Gasteiger partial charge on any atom is 0.435 e. The van der Waals surface area contributed by atoms with Crippen LogP contribution in [0.15, 0.2) is 6.20 Å². The molecule has 2 atom stereocenters. The van der Waals surface area contributed by atoms with E-state index in [-0.39, 0.29) is 12.5 Å². The van der Waals surface area contributed by atoms with E-state index in [4.69, 9.17) is 0 Å².